The average molecular weight is 338 g/mol. The molecule has 1 aliphatic rings. The Morgan fingerprint density at radius 2 is 1.36 bits per heavy atom. The molecule has 2 nitrogen and oxygen atoms in total. The number of benzene rings is 2. The van der Waals surface area contributed by atoms with Crippen molar-refractivity contribution in [2.24, 2.45) is 5.41 Å². The van der Waals surface area contributed by atoms with Crippen molar-refractivity contribution in [3.8, 4) is 0 Å². The second kappa shape index (κ2) is 8.64. The number of rotatable bonds is 7. The minimum atomic E-state index is 0.358. The van der Waals surface area contributed by atoms with Crippen molar-refractivity contribution in [1.82, 2.24) is 4.90 Å². The minimum Gasteiger partial charge on any atom is -0.384 e. The normalized spacial score (nSPS) is 23.7. The van der Waals surface area contributed by atoms with Gasteiger partial charge >= 0.3 is 0 Å². The predicted octanol–water partition coefficient (Wildman–Crippen LogP) is 5.28. The molecule has 0 saturated heterocycles. The Bertz CT molecular complexity index is 576. The third-order valence-corrected chi connectivity index (χ3v) is 5.63. The fraction of sp³-hybridized carbons (Fsp3) is 0.478. The van der Waals surface area contributed by atoms with E-state index in [9.17, 15) is 0 Å². The second-order valence-electron chi connectivity index (χ2n) is 7.85. The van der Waals surface area contributed by atoms with E-state index in [4.69, 9.17) is 4.74 Å². The first kappa shape index (κ1) is 18.2. The van der Waals surface area contributed by atoms with Gasteiger partial charge in [-0.15, -0.1) is 0 Å². The van der Waals surface area contributed by atoms with E-state index >= 15 is 0 Å². The molecule has 2 aromatic rings. The molecule has 3 rings (SSSR count). The lowest BCUT2D eigenvalue weighted by molar-refractivity contribution is 0.0281. The molecule has 1 aliphatic carbocycles. The monoisotopic (exact) mass is 337 g/mol. The zero-order valence-electron chi connectivity index (χ0n) is 15.7. The molecule has 0 amide bonds. The van der Waals surface area contributed by atoms with Crippen molar-refractivity contribution in [2.45, 2.75) is 51.7 Å². The van der Waals surface area contributed by atoms with Crippen molar-refractivity contribution in [1.29, 1.82) is 0 Å². The van der Waals surface area contributed by atoms with Gasteiger partial charge in [0.1, 0.15) is 0 Å². The van der Waals surface area contributed by atoms with Crippen molar-refractivity contribution >= 4 is 0 Å². The van der Waals surface area contributed by atoms with E-state index in [0.29, 0.717) is 11.5 Å². The van der Waals surface area contributed by atoms with Crippen LogP contribution in [0.2, 0.25) is 0 Å². The summed E-state index contributed by atoms with van der Waals surface area (Å²) < 4.78 is 5.46. The third-order valence-electron chi connectivity index (χ3n) is 5.63. The first-order chi connectivity index (χ1) is 12.2. The van der Waals surface area contributed by atoms with Gasteiger partial charge in [-0.3, -0.25) is 4.90 Å². The summed E-state index contributed by atoms with van der Waals surface area (Å²) in [4.78, 5) is 2.68. The lowest BCUT2D eigenvalue weighted by Gasteiger charge is -2.41. The van der Waals surface area contributed by atoms with Gasteiger partial charge in [0, 0.05) is 26.2 Å². The Morgan fingerprint density at radius 1 is 0.880 bits per heavy atom. The molecule has 0 radical (unpaired) electrons. The Hall–Kier alpha value is -1.64. The topological polar surface area (TPSA) is 12.5 Å². The molecule has 0 aromatic heterocycles. The van der Waals surface area contributed by atoms with Gasteiger partial charge in [0.2, 0.25) is 0 Å². The summed E-state index contributed by atoms with van der Waals surface area (Å²) in [6, 6.07) is 22.4. The highest BCUT2D eigenvalue weighted by atomic mass is 16.5. The summed E-state index contributed by atoms with van der Waals surface area (Å²) in [7, 11) is 1.83. The second-order valence-corrected chi connectivity index (χ2v) is 7.85. The quantitative estimate of drug-likeness (QED) is 0.681. The molecule has 0 spiro atoms. The maximum absolute atomic E-state index is 5.46. The van der Waals surface area contributed by atoms with Gasteiger partial charge in [0.05, 0.1) is 6.61 Å². The van der Waals surface area contributed by atoms with E-state index in [1.807, 2.05) is 7.11 Å². The summed E-state index contributed by atoms with van der Waals surface area (Å²) in [5.74, 6) is 0. The van der Waals surface area contributed by atoms with Crippen molar-refractivity contribution in [3.05, 3.63) is 71.8 Å². The highest BCUT2D eigenvalue weighted by Gasteiger charge is 2.33. The van der Waals surface area contributed by atoms with Crippen molar-refractivity contribution in [3.63, 3.8) is 0 Å². The van der Waals surface area contributed by atoms with Gasteiger partial charge in [0.15, 0.2) is 0 Å². The average Bonchev–Trinajstić information content (AvgIpc) is 2.64. The van der Waals surface area contributed by atoms with Gasteiger partial charge in [-0.2, -0.15) is 0 Å². The molecule has 0 N–H and O–H groups in total. The van der Waals surface area contributed by atoms with Crippen LogP contribution in [0.15, 0.2) is 60.7 Å². The van der Waals surface area contributed by atoms with Gasteiger partial charge < -0.3 is 4.74 Å². The van der Waals surface area contributed by atoms with Crippen LogP contribution in [-0.2, 0) is 17.8 Å². The van der Waals surface area contributed by atoms with Crippen LogP contribution in [0.1, 0.15) is 43.7 Å². The summed E-state index contributed by atoms with van der Waals surface area (Å²) in [6.45, 7) is 5.32. The summed E-state index contributed by atoms with van der Waals surface area (Å²) in [5.41, 5.74) is 3.17. The Kier molecular flexibility index (Phi) is 6.28. The molecule has 1 saturated carbocycles. The summed E-state index contributed by atoms with van der Waals surface area (Å²) >= 11 is 0. The van der Waals surface area contributed by atoms with E-state index in [-0.39, 0.29) is 0 Å². The van der Waals surface area contributed by atoms with Crippen LogP contribution in [0.4, 0.5) is 0 Å². The molecule has 0 aliphatic heterocycles. The molecule has 0 unspecified atom stereocenters. The lowest BCUT2D eigenvalue weighted by Crippen LogP contribution is -2.40. The van der Waals surface area contributed by atoms with E-state index in [1.54, 1.807) is 0 Å². The van der Waals surface area contributed by atoms with Crippen LogP contribution in [0.5, 0.6) is 0 Å². The minimum absolute atomic E-state index is 0.358. The maximum Gasteiger partial charge on any atom is 0.0516 e. The van der Waals surface area contributed by atoms with Gasteiger partial charge in [-0.1, -0.05) is 67.6 Å². The van der Waals surface area contributed by atoms with E-state index in [2.05, 4.69) is 72.5 Å². The third kappa shape index (κ3) is 5.17. The highest BCUT2D eigenvalue weighted by molar-refractivity contribution is 5.17. The standard InChI is InChI=1S/C23H31NO/c1-23(19-25-2)15-13-22(14-16-23)24(17-20-9-5-3-6-10-20)18-21-11-7-4-8-12-21/h3-12,22H,13-19H2,1-2H3. The number of hydrogen-bond acceptors (Lipinski definition) is 2. The first-order valence-corrected chi connectivity index (χ1v) is 9.49. The SMILES string of the molecule is COCC1(C)CCC(N(Cc2ccccc2)Cc2ccccc2)CC1. The molecular formula is C23H31NO. The van der Waals surface area contributed by atoms with E-state index < -0.39 is 0 Å². The van der Waals surface area contributed by atoms with E-state index in [0.717, 1.165) is 19.7 Å². The Morgan fingerprint density at radius 3 is 1.80 bits per heavy atom. The van der Waals surface area contributed by atoms with Gasteiger partial charge in [0.25, 0.3) is 0 Å². The van der Waals surface area contributed by atoms with Crippen molar-refractivity contribution < 1.29 is 4.74 Å². The molecule has 0 heterocycles. The highest BCUT2D eigenvalue weighted by Crippen LogP contribution is 2.38. The number of methoxy groups -OCH3 is 1. The van der Waals surface area contributed by atoms with Crippen LogP contribution in [0.3, 0.4) is 0 Å². The lowest BCUT2D eigenvalue weighted by atomic mass is 9.74. The number of nitrogens with zero attached hydrogens (tertiary/aromatic N) is 1. The van der Waals surface area contributed by atoms with Crippen LogP contribution in [0, 0.1) is 5.41 Å². The summed E-state index contributed by atoms with van der Waals surface area (Å²) in [6.07, 6.45) is 5.04. The molecule has 0 bridgehead atoms. The molecule has 2 aromatic carbocycles. The molecule has 25 heavy (non-hydrogen) atoms. The molecule has 0 atom stereocenters. The summed E-state index contributed by atoms with van der Waals surface area (Å²) in [5, 5.41) is 0. The van der Waals surface area contributed by atoms with E-state index in [1.165, 1.54) is 36.8 Å². The first-order valence-electron chi connectivity index (χ1n) is 9.49. The number of ether oxygens (including phenoxy) is 1. The van der Waals surface area contributed by atoms with Crippen LogP contribution >= 0.6 is 0 Å². The molecule has 2 heteroatoms. The Balaban J connectivity index is 1.70. The maximum atomic E-state index is 5.46. The largest absolute Gasteiger partial charge is 0.384 e. The van der Waals surface area contributed by atoms with Gasteiger partial charge in [-0.05, 0) is 42.2 Å². The van der Waals surface area contributed by atoms with Crippen LogP contribution in [0.25, 0.3) is 0 Å². The Labute approximate surface area is 152 Å². The fourth-order valence-electron chi connectivity index (χ4n) is 4.11. The predicted molar refractivity (Wildman–Crippen MR) is 104 cm³/mol. The zero-order chi connectivity index (χ0) is 17.5. The zero-order valence-corrected chi connectivity index (χ0v) is 15.7. The van der Waals surface area contributed by atoms with Crippen LogP contribution < -0.4 is 0 Å². The van der Waals surface area contributed by atoms with Crippen LogP contribution in [-0.4, -0.2) is 24.7 Å². The van der Waals surface area contributed by atoms with Gasteiger partial charge in [-0.25, -0.2) is 0 Å². The smallest absolute Gasteiger partial charge is 0.0516 e. The molecule has 134 valence electrons. The van der Waals surface area contributed by atoms with Crippen molar-refractivity contribution in [2.75, 3.05) is 13.7 Å². The fourth-order valence-corrected chi connectivity index (χ4v) is 4.11. The molecular weight excluding hydrogens is 306 g/mol. The molecule has 1 fully saturated rings. The number of hydrogen-bond donors (Lipinski definition) is 0.